The van der Waals surface area contributed by atoms with Gasteiger partial charge in [-0.2, -0.15) is 0 Å². The summed E-state index contributed by atoms with van der Waals surface area (Å²) in [6.07, 6.45) is 1.65. The summed E-state index contributed by atoms with van der Waals surface area (Å²) in [6, 6.07) is 19.9. The Balaban J connectivity index is 1.54. The van der Waals surface area contributed by atoms with E-state index in [4.69, 9.17) is 11.6 Å². The van der Waals surface area contributed by atoms with Crippen LogP contribution in [0.1, 0.15) is 17.5 Å². The number of rotatable bonds is 4. The third kappa shape index (κ3) is 3.67. The highest BCUT2D eigenvalue weighted by atomic mass is 35.5. The van der Waals surface area contributed by atoms with Crippen molar-refractivity contribution in [2.75, 3.05) is 10.8 Å². The Morgan fingerprint density at radius 2 is 1.77 bits per heavy atom. The molecule has 4 aromatic rings. The van der Waals surface area contributed by atoms with Crippen LogP contribution in [0, 0.1) is 0 Å². The normalized spacial score (nSPS) is 14.0. The van der Waals surface area contributed by atoms with Gasteiger partial charge in [-0.3, -0.25) is 13.7 Å². The molecule has 1 aliphatic rings. The summed E-state index contributed by atoms with van der Waals surface area (Å²) in [7, 11) is -3.72. The molecule has 1 aliphatic heterocycles. The first-order valence-electron chi connectivity index (χ1n) is 9.92. The summed E-state index contributed by atoms with van der Waals surface area (Å²) in [6.45, 7) is 0.854. The molecule has 0 atom stereocenters. The monoisotopic (exact) mass is 470 g/mol. The van der Waals surface area contributed by atoms with Crippen molar-refractivity contribution in [3.63, 3.8) is 0 Å². The van der Waals surface area contributed by atoms with Gasteiger partial charge in [0.15, 0.2) is 0 Å². The summed E-state index contributed by atoms with van der Waals surface area (Å²) < 4.78 is 30.7. The molecule has 0 radical (unpaired) electrons. The fourth-order valence-corrected chi connectivity index (χ4v) is 6.70. The molecule has 0 saturated heterocycles. The molecule has 0 saturated carbocycles. The number of benzene rings is 3. The highest BCUT2D eigenvalue weighted by Crippen LogP contribution is 2.33. The lowest BCUT2D eigenvalue weighted by Gasteiger charge is -2.30. The van der Waals surface area contributed by atoms with E-state index in [1.807, 2.05) is 36.4 Å². The highest BCUT2D eigenvalue weighted by Gasteiger charge is 2.29. The van der Waals surface area contributed by atoms with E-state index in [9.17, 15) is 13.2 Å². The van der Waals surface area contributed by atoms with Crippen molar-refractivity contribution in [1.82, 2.24) is 4.57 Å². The molecular weight excluding hydrogens is 452 g/mol. The zero-order valence-electron chi connectivity index (χ0n) is 16.5. The highest BCUT2D eigenvalue weighted by molar-refractivity contribution is 7.92. The minimum Gasteiger partial charge on any atom is -0.294 e. The van der Waals surface area contributed by atoms with Crippen LogP contribution in [0.5, 0.6) is 0 Å². The van der Waals surface area contributed by atoms with Crippen molar-refractivity contribution in [2.24, 2.45) is 0 Å². The Labute approximate surface area is 189 Å². The van der Waals surface area contributed by atoms with Crippen molar-refractivity contribution in [2.45, 2.75) is 24.3 Å². The lowest BCUT2D eigenvalue weighted by molar-refractivity contribution is 0.586. The maximum Gasteiger partial charge on any atom is 0.308 e. The molecule has 0 amide bonds. The van der Waals surface area contributed by atoms with Gasteiger partial charge in [-0.15, -0.1) is 0 Å². The van der Waals surface area contributed by atoms with Crippen LogP contribution in [0.3, 0.4) is 0 Å². The minimum absolute atomic E-state index is 0.122. The molecule has 0 spiro atoms. The third-order valence-corrected chi connectivity index (χ3v) is 8.55. The van der Waals surface area contributed by atoms with Crippen molar-refractivity contribution in [3.05, 3.63) is 92.5 Å². The van der Waals surface area contributed by atoms with Crippen LogP contribution in [-0.2, 0) is 23.0 Å². The molecule has 5 nitrogen and oxygen atoms in total. The number of fused-ring (bicyclic) bond motifs is 2. The number of thiazole rings is 1. The minimum atomic E-state index is -3.72. The molecular formula is C23H19ClN2O3S2. The Kier molecular flexibility index (Phi) is 5.12. The molecule has 1 aromatic heterocycles. The van der Waals surface area contributed by atoms with Crippen LogP contribution in [0.2, 0.25) is 5.02 Å². The standard InChI is InChI=1S/C23H19ClN2O3S2/c24-18-9-7-16(8-10-18)15-25-21-12-11-19(14-22(21)30-23(25)27)31(28,29)26-13-3-5-17-4-1-2-6-20(17)26/h1-2,4,6-12,14H,3,5,13,15H2. The Morgan fingerprint density at radius 1 is 1.00 bits per heavy atom. The first kappa shape index (κ1) is 20.3. The van der Waals surface area contributed by atoms with E-state index in [2.05, 4.69) is 0 Å². The van der Waals surface area contributed by atoms with Gasteiger partial charge in [-0.1, -0.05) is 53.3 Å². The molecule has 0 aliphatic carbocycles. The first-order valence-corrected chi connectivity index (χ1v) is 12.6. The predicted molar refractivity (Wildman–Crippen MR) is 126 cm³/mol. The quantitative estimate of drug-likeness (QED) is 0.426. The molecule has 0 fully saturated rings. The van der Waals surface area contributed by atoms with Crippen LogP contribution in [0.4, 0.5) is 5.69 Å². The van der Waals surface area contributed by atoms with Gasteiger partial charge in [-0.05, 0) is 60.4 Å². The van der Waals surface area contributed by atoms with Crippen molar-refractivity contribution in [1.29, 1.82) is 0 Å². The van der Waals surface area contributed by atoms with Gasteiger partial charge in [0, 0.05) is 11.6 Å². The van der Waals surface area contributed by atoms with E-state index in [1.54, 1.807) is 34.9 Å². The number of hydrogen-bond donors (Lipinski definition) is 0. The molecule has 3 aromatic carbocycles. The lowest BCUT2D eigenvalue weighted by Crippen LogP contribution is -2.35. The van der Waals surface area contributed by atoms with Crippen molar-refractivity contribution < 1.29 is 8.42 Å². The Hall–Kier alpha value is -2.61. The fraction of sp³-hybridized carbons (Fsp3) is 0.174. The van der Waals surface area contributed by atoms with E-state index in [-0.39, 0.29) is 9.77 Å². The number of aromatic nitrogens is 1. The first-order chi connectivity index (χ1) is 14.9. The van der Waals surface area contributed by atoms with Gasteiger partial charge in [0.2, 0.25) is 0 Å². The molecule has 0 unspecified atom stereocenters. The van der Waals surface area contributed by atoms with E-state index >= 15 is 0 Å². The van der Waals surface area contributed by atoms with E-state index < -0.39 is 10.0 Å². The van der Waals surface area contributed by atoms with Crippen LogP contribution in [-0.4, -0.2) is 19.5 Å². The van der Waals surface area contributed by atoms with Crippen molar-refractivity contribution in [3.8, 4) is 0 Å². The zero-order chi connectivity index (χ0) is 21.6. The molecule has 0 N–H and O–H groups in total. The summed E-state index contributed by atoms with van der Waals surface area (Å²) in [4.78, 5) is 12.7. The van der Waals surface area contributed by atoms with E-state index in [0.29, 0.717) is 22.8 Å². The number of nitrogens with zero attached hydrogens (tertiary/aromatic N) is 2. The maximum absolute atomic E-state index is 13.4. The van der Waals surface area contributed by atoms with Crippen LogP contribution in [0.15, 0.2) is 76.4 Å². The summed E-state index contributed by atoms with van der Waals surface area (Å²) in [5, 5.41) is 0.639. The topological polar surface area (TPSA) is 59.4 Å². The smallest absolute Gasteiger partial charge is 0.294 e. The summed E-state index contributed by atoms with van der Waals surface area (Å²) >= 11 is 7.01. The number of halogens is 1. The van der Waals surface area contributed by atoms with Crippen LogP contribution >= 0.6 is 22.9 Å². The second-order valence-electron chi connectivity index (χ2n) is 7.52. The molecule has 8 heteroatoms. The number of sulfonamides is 1. The van der Waals surface area contributed by atoms with E-state index in [0.717, 1.165) is 46.5 Å². The average Bonchev–Trinajstić information content (AvgIpc) is 3.09. The number of anilines is 1. The van der Waals surface area contributed by atoms with Crippen molar-refractivity contribution >= 4 is 48.9 Å². The average molecular weight is 471 g/mol. The summed E-state index contributed by atoms with van der Waals surface area (Å²) in [5.41, 5.74) is 3.45. The maximum atomic E-state index is 13.4. The van der Waals surface area contributed by atoms with Gasteiger partial charge in [-0.25, -0.2) is 8.42 Å². The number of hydrogen-bond acceptors (Lipinski definition) is 4. The zero-order valence-corrected chi connectivity index (χ0v) is 18.9. The van der Waals surface area contributed by atoms with Gasteiger partial charge in [0.25, 0.3) is 10.0 Å². The summed E-state index contributed by atoms with van der Waals surface area (Å²) in [5.74, 6) is 0. The number of aryl methyl sites for hydroxylation is 1. The van der Waals surface area contributed by atoms with Gasteiger partial charge < -0.3 is 0 Å². The molecule has 0 bridgehead atoms. The second kappa shape index (κ2) is 7.82. The van der Waals surface area contributed by atoms with E-state index in [1.165, 1.54) is 4.31 Å². The van der Waals surface area contributed by atoms with Gasteiger partial charge in [0.1, 0.15) is 0 Å². The third-order valence-electron chi connectivity index (χ3n) is 5.55. The molecule has 31 heavy (non-hydrogen) atoms. The number of para-hydroxylation sites is 1. The van der Waals surface area contributed by atoms with Gasteiger partial charge in [0.05, 0.1) is 27.3 Å². The Bertz CT molecular complexity index is 1440. The SMILES string of the molecule is O=c1sc2cc(S(=O)(=O)N3CCCc4ccccc43)ccc2n1Cc1ccc(Cl)cc1. The molecule has 158 valence electrons. The van der Waals surface area contributed by atoms with Crippen LogP contribution in [0.25, 0.3) is 10.2 Å². The predicted octanol–water partition coefficient (Wildman–Crippen LogP) is 4.91. The largest absolute Gasteiger partial charge is 0.308 e. The second-order valence-corrected chi connectivity index (χ2v) is 10.8. The van der Waals surface area contributed by atoms with Crippen LogP contribution < -0.4 is 9.18 Å². The lowest BCUT2D eigenvalue weighted by atomic mass is 10.0. The molecule has 5 rings (SSSR count). The molecule has 2 heterocycles. The van der Waals surface area contributed by atoms with Gasteiger partial charge >= 0.3 is 4.87 Å². The fourth-order valence-electron chi connectivity index (χ4n) is 4.01. The Morgan fingerprint density at radius 3 is 2.58 bits per heavy atom.